The van der Waals surface area contributed by atoms with E-state index in [1.165, 1.54) is 22.5 Å². The van der Waals surface area contributed by atoms with Gasteiger partial charge in [-0.05, 0) is 29.1 Å². The number of aromatic amines is 1. The molecule has 0 radical (unpaired) electrons. The molecule has 2 rings (SSSR count). The van der Waals surface area contributed by atoms with E-state index >= 15 is 0 Å². The van der Waals surface area contributed by atoms with E-state index in [1.807, 2.05) is 13.2 Å². The minimum Gasteiger partial charge on any atom is -0.273 e. The second-order valence-electron chi connectivity index (χ2n) is 3.46. The van der Waals surface area contributed by atoms with Crippen LogP contribution < -0.4 is 11.2 Å². The van der Waals surface area contributed by atoms with Crippen LogP contribution in [0.2, 0.25) is 0 Å². The minimum atomic E-state index is -0.534. The van der Waals surface area contributed by atoms with Crippen LogP contribution in [0.1, 0.15) is 5.69 Å². The predicted octanol–water partition coefficient (Wildman–Crippen LogP) is 1.11. The van der Waals surface area contributed by atoms with Gasteiger partial charge in [-0.3, -0.25) is 14.3 Å². The summed E-state index contributed by atoms with van der Waals surface area (Å²) in [5.74, 6) is 0.425. The van der Waals surface area contributed by atoms with Gasteiger partial charge in [0.1, 0.15) is 5.82 Å². The number of rotatable bonds is 2. The highest BCUT2D eigenvalue weighted by Crippen LogP contribution is 2.12. The van der Waals surface area contributed by atoms with Crippen molar-refractivity contribution in [2.45, 2.75) is 12.1 Å². The van der Waals surface area contributed by atoms with Crippen LogP contribution in [0.3, 0.4) is 0 Å². The Morgan fingerprint density at radius 1 is 1.39 bits per heavy atom. The van der Waals surface area contributed by atoms with Crippen molar-refractivity contribution in [2.75, 3.05) is 6.26 Å². The van der Waals surface area contributed by atoms with Gasteiger partial charge in [0.25, 0.3) is 5.56 Å². The zero-order valence-electron chi connectivity index (χ0n) is 9.60. The summed E-state index contributed by atoms with van der Waals surface area (Å²) in [5.41, 5.74) is -0.251. The maximum absolute atomic E-state index is 11.7. The van der Waals surface area contributed by atoms with Gasteiger partial charge in [-0.1, -0.05) is 11.8 Å². The second-order valence-corrected chi connectivity index (χ2v) is 5.09. The third-order valence-electron chi connectivity index (χ3n) is 2.15. The van der Waals surface area contributed by atoms with E-state index in [2.05, 4.69) is 30.9 Å². The number of hydrogen-bond donors (Lipinski definition) is 1. The fourth-order valence-electron chi connectivity index (χ4n) is 1.36. The molecule has 0 fully saturated rings. The summed E-state index contributed by atoms with van der Waals surface area (Å²) in [7, 11) is 0. The number of H-pyrrole nitrogens is 1. The molecule has 0 aliphatic heterocycles. The van der Waals surface area contributed by atoms with E-state index in [-0.39, 0.29) is 4.47 Å². The molecule has 0 aliphatic carbocycles. The summed E-state index contributed by atoms with van der Waals surface area (Å²) < 4.78 is 1.53. The Bertz CT molecular complexity index is 710. The molecule has 0 atom stereocenters. The van der Waals surface area contributed by atoms with Crippen molar-refractivity contribution in [1.82, 2.24) is 19.5 Å². The van der Waals surface area contributed by atoms with Gasteiger partial charge >= 0.3 is 5.69 Å². The topological polar surface area (TPSA) is 80.6 Å². The Labute approximate surface area is 115 Å². The third kappa shape index (κ3) is 2.54. The van der Waals surface area contributed by atoms with Gasteiger partial charge in [0.15, 0.2) is 5.16 Å². The average molecular weight is 329 g/mol. The van der Waals surface area contributed by atoms with E-state index < -0.39 is 11.2 Å². The fourth-order valence-corrected chi connectivity index (χ4v) is 2.08. The van der Waals surface area contributed by atoms with Crippen LogP contribution in [0, 0.1) is 6.92 Å². The standard InChI is InChI=1S/C10H9BrN4O2S/c1-5-3-7(13-9(12-5)18-2)15-4-6(11)8(16)14-10(15)17/h3-4H,1-2H3,(H,14,16,17). The first-order chi connectivity index (χ1) is 8.51. The van der Waals surface area contributed by atoms with Gasteiger partial charge in [-0.25, -0.2) is 14.8 Å². The van der Waals surface area contributed by atoms with Crippen molar-refractivity contribution in [2.24, 2.45) is 0 Å². The van der Waals surface area contributed by atoms with Gasteiger partial charge in [0, 0.05) is 18.0 Å². The number of aromatic nitrogens is 4. The number of nitrogens with zero attached hydrogens (tertiary/aromatic N) is 3. The Kier molecular flexibility index (Phi) is 3.67. The lowest BCUT2D eigenvalue weighted by atomic mass is 10.4. The highest BCUT2D eigenvalue weighted by atomic mass is 79.9. The number of nitrogens with one attached hydrogen (secondary N) is 1. The van der Waals surface area contributed by atoms with Crippen LogP contribution in [0.5, 0.6) is 0 Å². The van der Waals surface area contributed by atoms with Crippen molar-refractivity contribution in [1.29, 1.82) is 0 Å². The molecule has 0 saturated heterocycles. The Morgan fingerprint density at radius 2 is 2.11 bits per heavy atom. The summed E-state index contributed by atoms with van der Waals surface area (Å²) in [6.45, 7) is 1.82. The largest absolute Gasteiger partial charge is 0.334 e. The molecule has 18 heavy (non-hydrogen) atoms. The zero-order valence-corrected chi connectivity index (χ0v) is 12.0. The van der Waals surface area contributed by atoms with Gasteiger partial charge in [-0.2, -0.15) is 0 Å². The van der Waals surface area contributed by atoms with Crippen molar-refractivity contribution >= 4 is 27.7 Å². The average Bonchev–Trinajstić information content (AvgIpc) is 2.33. The molecule has 8 heteroatoms. The summed E-state index contributed by atoms with van der Waals surface area (Å²) in [5, 5.41) is 0.569. The molecule has 94 valence electrons. The van der Waals surface area contributed by atoms with Crippen molar-refractivity contribution in [3.63, 3.8) is 0 Å². The molecule has 2 aromatic heterocycles. The van der Waals surface area contributed by atoms with Crippen LogP contribution in [-0.4, -0.2) is 25.8 Å². The van der Waals surface area contributed by atoms with Crippen molar-refractivity contribution in [3.8, 4) is 5.82 Å². The smallest absolute Gasteiger partial charge is 0.273 e. The Balaban J connectivity index is 2.69. The van der Waals surface area contributed by atoms with E-state index in [1.54, 1.807) is 6.07 Å². The number of halogens is 1. The van der Waals surface area contributed by atoms with Gasteiger partial charge < -0.3 is 0 Å². The molecule has 6 nitrogen and oxygen atoms in total. The van der Waals surface area contributed by atoms with Crippen LogP contribution in [0.4, 0.5) is 0 Å². The molecule has 0 aliphatic rings. The number of thioether (sulfide) groups is 1. The zero-order chi connectivity index (χ0) is 13.3. The van der Waals surface area contributed by atoms with Gasteiger partial charge in [-0.15, -0.1) is 0 Å². The molecule has 2 aromatic rings. The van der Waals surface area contributed by atoms with Crippen molar-refractivity contribution < 1.29 is 0 Å². The summed E-state index contributed by atoms with van der Waals surface area (Å²) >= 11 is 4.46. The molecule has 1 N–H and O–H groups in total. The molecule has 0 amide bonds. The van der Waals surface area contributed by atoms with Crippen LogP contribution in [0.25, 0.3) is 5.82 Å². The van der Waals surface area contributed by atoms with Crippen LogP contribution in [0.15, 0.2) is 31.5 Å². The molecule has 0 unspecified atom stereocenters. The van der Waals surface area contributed by atoms with Gasteiger partial charge in [0.05, 0.1) is 4.47 Å². The first kappa shape index (κ1) is 13.0. The maximum atomic E-state index is 11.7. The summed E-state index contributed by atoms with van der Waals surface area (Å²) in [4.78, 5) is 33.6. The SMILES string of the molecule is CSc1nc(C)cc(-n2cc(Br)c(=O)[nH]c2=O)n1. The molecular formula is C10H9BrN4O2S. The maximum Gasteiger partial charge on any atom is 0.334 e. The summed E-state index contributed by atoms with van der Waals surface area (Å²) in [6.07, 6.45) is 3.25. The first-order valence-electron chi connectivity index (χ1n) is 4.93. The Morgan fingerprint density at radius 3 is 2.78 bits per heavy atom. The monoisotopic (exact) mass is 328 g/mol. The second kappa shape index (κ2) is 5.07. The van der Waals surface area contributed by atoms with E-state index in [0.717, 1.165) is 5.69 Å². The highest BCUT2D eigenvalue weighted by molar-refractivity contribution is 9.10. The molecule has 0 saturated carbocycles. The molecule has 2 heterocycles. The number of aryl methyl sites for hydroxylation is 1. The highest BCUT2D eigenvalue weighted by Gasteiger charge is 2.08. The fraction of sp³-hybridized carbons (Fsp3) is 0.200. The van der Waals surface area contributed by atoms with E-state index in [0.29, 0.717) is 11.0 Å². The molecule has 0 spiro atoms. The Hall–Kier alpha value is -1.41. The lowest BCUT2D eigenvalue weighted by Crippen LogP contribution is -2.29. The third-order valence-corrected chi connectivity index (χ3v) is 3.26. The van der Waals surface area contributed by atoms with E-state index in [4.69, 9.17) is 0 Å². The van der Waals surface area contributed by atoms with Gasteiger partial charge in [0.2, 0.25) is 0 Å². The summed E-state index contributed by atoms with van der Waals surface area (Å²) in [6, 6.07) is 1.67. The van der Waals surface area contributed by atoms with Crippen molar-refractivity contribution in [3.05, 3.63) is 43.3 Å². The van der Waals surface area contributed by atoms with E-state index in [9.17, 15) is 9.59 Å². The molecular weight excluding hydrogens is 320 g/mol. The quantitative estimate of drug-likeness (QED) is 0.659. The van der Waals surface area contributed by atoms with Crippen LogP contribution >= 0.6 is 27.7 Å². The predicted molar refractivity (Wildman–Crippen MR) is 72.5 cm³/mol. The first-order valence-corrected chi connectivity index (χ1v) is 6.94. The normalized spacial score (nSPS) is 10.6. The molecule has 0 bridgehead atoms. The molecule has 0 aromatic carbocycles. The lowest BCUT2D eigenvalue weighted by molar-refractivity contribution is 0.813. The minimum absolute atomic E-state index is 0.268. The van der Waals surface area contributed by atoms with Crippen LogP contribution in [-0.2, 0) is 0 Å². The lowest BCUT2D eigenvalue weighted by Gasteiger charge is -2.06. The number of hydrogen-bond acceptors (Lipinski definition) is 5.